The van der Waals surface area contributed by atoms with Crippen LogP contribution in [-0.4, -0.2) is 9.91 Å². The second kappa shape index (κ2) is 2.74. The molecule has 0 amide bonds. The van der Waals surface area contributed by atoms with Gasteiger partial charge in [0.25, 0.3) is 5.69 Å². The van der Waals surface area contributed by atoms with Gasteiger partial charge in [0.2, 0.25) is 0 Å². The van der Waals surface area contributed by atoms with E-state index in [2.05, 4.69) is 4.98 Å². The molecule has 0 aliphatic heterocycles. The Hall–Kier alpha value is -1.56. The number of nitro groups is 1. The van der Waals surface area contributed by atoms with E-state index in [0.717, 1.165) is 6.07 Å². The van der Waals surface area contributed by atoms with Crippen LogP contribution in [0.4, 0.5) is 10.1 Å². The summed E-state index contributed by atoms with van der Waals surface area (Å²) in [4.78, 5) is 13.5. The molecule has 1 aromatic heterocycles. The van der Waals surface area contributed by atoms with Crippen molar-refractivity contribution in [3.05, 3.63) is 33.6 Å². The zero-order valence-electron chi connectivity index (χ0n) is 6.23. The SMILES string of the molecule is O=[N+]([O-])c1cc(F)c2ncsc2c1. The van der Waals surface area contributed by atoms with E-state index in [1.165, 1.54) is 22.9 Å². The van der Waals surface area contributed by atoms with E-state index in [-0.39, 0.29) is 11.2 Å². The van der Waals surface area contributed by atoms with Crippen LogP contribution in [0.5, 0.6) is 0 Å². The molecule has 6 heteroatoms. The fourth-order valence-corrected chi connectivity index (χ4v) is 1.74. The number of non-ortho nitro benzene ring substituents is 1. The number of hydrogen-bond acceptors (Lipinski definition) is 4. The molecule has 0 saturated heterocycles. The number of halogens is 1. The molecule has 0 aliphatic rings. The molecule has 0 fully saturated rings. The third kappa shape index (κ3) is 1.25. The van der Waals surface area contributed by atoms with Crippen molar-refractivity contribution in [2.45, 2.75) is 0 Å². The van der Waals surface area contributed by atoms with Crippen molar-refractivity contribution in [3.8, 4) is 0 Å². The summed E-state index contributed by atoms with van der Waals surface area (Å²) in [5, 5.41) is 10.3. The van der Waals surface area contributed by atoms with Gasteiger partial charge in [-0.05, 0) is 0 Å². The highest BCUT2D eigenvalue weighted by atomic mass is 32.1. The molecule has 0 aliphatic carbocycles. The van der Waals surface area contributed by atoms with Crippen LogP contribution in [-0.2, 0) is 0 Å². The molecule has 1 heterocycles. The lowest BCUT2D eigenvalue weighted by Crippen LogP contribution is -1.89. The fraction of sp³-hybridized carbons (Fsp3) is 0. The van der Waals surface area contributed by atoms with Crippen LogP contribution in [0.25, 0.3) is 10.2 Å². The minimum Gasteiger partial charge on any atom is -0.258 e. The molecule has 66 valence electrons. The number of rotatable bonds is 1. The molecule has 0 unspecified atom stereocenters. The molecular weight excluding hydrogens is 195 g/mol. The predicted octanol–water partition coefficient (Wildman–Crippen LogP) is 2.34. The van der Waals surface area contributed by atoms with Crippen molar-refractivity contribution in [1.29, 1.82) is 0 Å². The summed E-state index contributed by atoms with van der Waals surface area (Å²) in [6.07, 6.45) is 0. The molecule has 13 heavy (non-hydrogen) atoms. The van der Waals surface area contributed by atoms with E-state index < -0.39 is 10.7 Å². The number of aromatic nitrogens is 1. The van der Waals surface area contributed by atoms with Gasteiger partial charge in [-0.25, -0.2) is 9.37 Å². The standard InChI is InChI=1S/C7H3FN2O2S/c8-5-1-4(10(11)12)2-6-7(5)9-3-13-6/h1-3H. The van der Waals surface area contributed by atoms with Gasteiger partial charge in [-0.3, -0.25) is 10.1 Å². The Labute approximate surface area is 75.8 Å². The molecule has 0 bridgehead atoms. The second-order valence-corrected chi connectivity index (χ2v) is 3.27. The van der Waals surface area contributed by atoms with Gasteiger partial charge in [0, 0.05) is 6.07 Å². The first kappa shape index (κ1) is 8.06. The number of fused-ring (bicyclic) bond motifs is 1. The number of benzene rings is 1. The average molecular weight is 198 g/mol. The molecule has 4 nitrogen and oxygen atoms in total. The molecule has 0 saturated carbocycles. The number of hydrogen-bond donors (Lipinski definition) is 0. The predicted molar refractivity (Wildman–Crippen MR) is 46.2 cm³/mol. The monoisotopic (exact) mass is 198 g/mol. The van der Waals surface area contributed by atoms with Crippen molar-refractivity contribution in [3.63, 3.8) is 0 Å². The van der Waals surface area contributed by atoms with Crippen LogP contribution >= 0.6 is 11.3 Å². The van der Waals surface area contributed by atoms with Crippen molar-refractivity contribution in [2.75, 3.05) is 0 Å². The van der Waals surface area contributed by atoms with Gasteiger partial charge in [0.05, 0.1) is 21.2 Å². The van der Waals surface area contributed by atoms with Crippen LogP contribution < -0.4 is 0 Å². The summed E-state index contributed by atoms with van der Waals surface area (Å²) in [7, 11) is 0. The molecule has 0 radical (unpaired) electrons. The minimum absolute atomic E-state index is 0.190. The van der Waals surface area contributed by atoms with Crippen LogP contribution in [0.2, 0.25) is 0 Å². The fourth-order valence-electron chi connectivity index (χ4n) is 1.02. The maximum atomic E-state index is 13.1. The van der Waals surface area contributed by atoms with E-state index in [9.17, 15) is 14.5 Å². The molecule has 0 N–H and O–H groups in total. The largest absolute Gasteiger partial charge is 0.273 e. The quantitative estimate of drug-likeness (QED) is 0.522. The highest BCUT2D eigenvalue weighted by Gasteiger charge is 2.12. The van der Waals surface area contributed by atoms with Gasteiger partial charge in [-0.1, -0.05) is 0 Å². The molecule has 0 atom stereocenters. The first-order valence-electron chi connectivity index (χ1n) is 3.35. The summed E-state index contributed by atoms with van der Waals surface area (Å²) in [6, 6.07) is 2.19. The van der Waals surface area contributed by atoms with Gasteiger partial charge < -0.3 is 0 Å². The lowest BCUT2D eigenvalue weighted by atomic mass is 10.3. The van der Waals surface area contributed by atoms with Gasteiger partial charge in [0.1, 0.15) is 5.52 Å². The van der Waals surface area contributed by atoms with Crippen LogP contribution in [0.15, 0.2) is 17.6 Å². The first-order chi connectivity index (χ1) is 6.18. The van der Waals surface area contributed by atoms with Crippen molar-refractivity contribution >= 4 is 27.2 Å². The molecular formula is C7H3FN2O2S. The Morgan fingerprint density at radius 1 is 1.54 bits per heavy atom. The van der Waals surface area contributed by atoms with E-state index in [1.807, 2.05) is 0 Å². The topological polar surface area (TPSA) is 56.0 Å². The maximum Gasteiger partial charge on any atom is 0.273 e. The van der Waals surface area contributed by atoms with Crippen molar-refractivity contribution < 1.29 is 9.31 Å². The smallest absolute Gasteiger partial charge is 0.258 e. The van der Waals surface area contributed by atoms with Gasteiger partial charge >= 0.3 is 0 Å². The Kier molecular flexibility index (Phi) is 1.70. The van der Waals surface area contributed by atoms with E-state index in [4.69, 9.17) is 0 Å². The van der Waals surface area contributed by atoms with Crippen LogP contribution in [0.1, 0.15) is 0 Å². The van der Waals surface area contributed by atoms with E-state index >= 15 is 0 Å². The molecule has 2 rings (SSSR count). The highest BCUT2D eigenvalue weighted by molar-refractivity contribution is 7.16. The Morgan fingerprint density at radius 2 is 2.31 bits per heavy atom. The van der Waals surface area contributed by atoms with Gasteiger partial charge in [-0.15, -0.1) is 11.3 Å². The van der Waals surface area contributed by atoms with Gasteiger partial charge in [0.15, 0.2) is 5.82 Å². The third-order valence-electron chi connectivity index (χ3n) is 1.59. The first-order valence-corrected chi connectivity index (χ1v) is 4.23. The Morgan fingerprint density at radius 3 is 3.00 bits per heavy atom. The Bertz CT molecular complexity index is 482. The number of nitro benzene ring substituents is 1. The van der Waals surface area contributed by atoms with Crippen molar-refractivity contribution in [1.82, 2.24) is 4.98 Å². The molecule has 0 spiro atoms. The van der Waals surface area contributed by atoms with Crippen molar-refractivity contribution in [2.24, 2.45) is 0 Å². The summed E-state index contributed by atoms with van der Waals surface area (Å²) in [5.41, 5.74) is 1.40. The van der Waals surface area contributed by atoms with Gasteiger partial charge in [-0.2, -0.15) is 0 Å². The Balaban J connectivity index is 2.77. The number of nitrogens with zero attached hydrogens (tertiary/aromatic N) is 2. The normalized spacial score (nSPS) is 10.5. The average Bonchev–Trinajstić information content (AvgIpc) is 2.51. The highest BCUT2D eigenvalue weighted by Crippen LogP contribution is 2.25. The van der Waals surface area contributed by atoms with E-state index in [1.54, 1.807) is 0 Å². The third-order valence-corrected chi connectivity index (χ3v) is 2.36. The lowest BCUT2D eigenvalue weighted by Gasteiger charge is -1.92. The van der Waals surface area contributed by atoms with Crippen LogP contribution in [0, 0.1) is 15.9 Å². The number of thiazole rings is 1. The summed E-state index contributed by atoms with van der Waals surface area (Å²) in [6.45, 7) is 0. The van der Waals surface area contributed by atoms with E-state index in [0.29, 0.717) is 4.70 Å². The summed E-state index contributed by atoms with van der Waals surface area (Å²) < 4.78 is 13.6. The zero-order chi connectivity index (χ0) is 9.42. The maximum absolute atomic E-state index is 13.1. The minimum atomic E-state index is -0.648. The second-order valence-electron chi connectivity index (χ2n) is 2.38. The molecule has 1 aromatic carbocycles. The van der Waals surface area contributed by atoms with Crippen LogP contribution in [0.3, 0.4) is 0 Å². The summed E-state index contributed by atoms with van der Waals surface area (Å²) in [5.74, 6) is -0.648. The molecule has 2 aromatic rings. The lowest BCUT2D eigenvalue weighted by molar-refractivity contribution is -0.384. The summed E-state index contributed by atoms with van der Waals surface area (Å²) >= 11 is 1.18. The zero-order valence-corrected chi connectivity index (χ0v) is 7.05.